The average molecular weight is 479 g/mol. The molecule has 0 atom stereocenters. The standard InChI is InChI=1S/C17H17BrClNO6S/c1-3-4-9-5-10(18)6-14(15(9)21)27(24,25)20-13-8-11(19)7-12(16(13)22)17(23)26-2/h5-8,20-22H,3-4H2,1-2H3. The van der Waals surface area contributed by atoms with Crippen LogP contribution in [0.3, 0.4) is 0 Å². The summed E-state index contributed by atoms with van der Waals surface area (Å²) in [6.45, 7) is 1.89. The van der Waals surface area contributed by atoms with Crippen LogP contribution in [-0.2, 0) is 21.2 Å². The summed E-state index contributed by atoms with van der Waals surface area (Å²) < 4.78 is 32.7. The van der Waals surface area contributed by atoms with Gasteiger partial charge in [-0.05, 0) is 36.2 Å². The topological polar surface area (TPSA) is 113 Å². The number of phenolic OH excluding ortho intramolecular Hbond substituents is 2. The molecule has 3 N–H and O–H groups in total. The first-order valence-corrected chi connectivity index (χ1v) is 10.4. The number of esters is 1. The van der Waals surface area contributed by atoms with E-state index in [2.05, 4.69) is 25.4 Å². The van der Waals surface area contributed by atoms with Crippen LogP contribution in [0.2, 0.25) is 5.02 Å². The van der Waals surface area contributed by atoms with Gasteiger partial charge in [0, 0.05) is 9.50 Å². The Balaban J connectivity index is 2.55. The van der Waals surface area contributed by atoms with Crippen molar-refractivity contribution in [2.75, 3.05) is 11.8 Å². The van der Waals surface area contributed by atoms with Gasteiger partial charge in [0.05, 0.1) is 12.8 Å². The molecule has 10 heteroatoms. The molecule has 2 aromatic carbocycles. The number of hydrogen-bond donors (Lipinski definition) is 3. The van der Waals surface area contributed by atoms with Gasteiger partial charge in [-0.15, -0.1) is 0 Å². The van der Waals surface area contributed by atoms with E-state index in [-0.39, 0.29) is 26.9 Å². The monoisotopic (exact) mass is 477 g/mol. The highest BCUT2D eigenvalue weighted by Crippen LogP contribution is 2.37. The van der Waals surface area contributed by atoms with E-state index in [0.29, 0.717) is 22.9 Å². The predicted molar refractivity (Wildman–Crippen MR) is 105 cm³/mol. The van der Waals surface area contributed by atoms with Gasteiger partial charge in [0.15, 0.2) is 5.75 Å². The molecule has 0 spiro atoms. The Hall–Kier alpha value is -1.97. The third-order valence-corrected chi connectivity index (χ3v) is 5.71. The fourth-order valence-corrected chi connectivity index (χ4v) is 4.53. The molecule has 0 saturated carbocycles. The zero-order chi connectivity index (χ0) is 20.4. The summed E-state index contributed by atoms with van der Waals surface area (Å²) >= 11 is 9.14. The number of anilines is 1. The summed E-state index contributed by atoms with van der Waals surface area (Å²) in [7, 11) is -3.18. The number of methoxy groups -OCH3 is 1. The van der Waals surface area contributed by atoms with Crippen LogP contribution in [0.1, 0.15) is 29.3 Å². The molecule has 0 bridgehead atoms. The van der Waals surface area contributed by atoms with Crippen molar-refractivity contribution >= 4 is 49.2 Å². The molecule has 0 heterocycles. The van der Waals surface area contributed by atoms with E-state index in [1.54, 1.807) is 6.07 Å². The zero-order valence-electron chi connectivity index (χ0n) is 14.4. The Morgan fingerprint density at radius 1 is 1.22 bits per heavy atom. The molecule has 0 aliphatic rings. The molecule has 0 amide bonds. The summed E-state index contributed by atoms with van der Waals surface area (Å²) in [5.41, 5.74) is -0.162. The SMILES string of the molecule is CCCc1cc(Br)cc(S(=O)(=O)Nc2cc(Cl)cc(C(=O)OC)c2O)c1O. The number of sulfonamides is 1. The van der Waals surface area contributed by atoms with E-state index in [1.807, 2.05) is 6.92 Å². The summed E-state index contributed by atoms with van der Waals surface area (Å²) in [5, 5.41) is 20.6. The van der Waals surface area contributed by atoms with Crippen molar-refractivity contribution in [3.05, 3.63) is 44.9 Å². The van der Waals surface area contributed by atoms with Crippen molar-refractivity contribution in [1.29, 1.82) is 0 Å². The van der Waals surface area contributed by atoms with E-state index in [0.717, 1.165) is 19.2 Å². The number of nitrogens with one attached hydrogen (secondary N) is 1. The molecule has 0 radical (unpaired) electrons. The van der Waals surface area contributed by atoms with Crippen molar-refractivity contribution in [3.63, 3.8) is 0 Å². The minimum atomic E-state index is -4.30. The normalized spacial score (nSPS) is 11.3. The lowest BCUT2D eigenvalue weighted by Crippen LogP contribution is -2.15. The molecular formula is C17H17BrClNO6S. The van der Waals surface area contributed by atoms with E-state index in [9.17, 15) is 23.4 Å². The first kappa shape index (κ1) is 21.3. The number of halogens is 2. The third-order valence-electron chi connectivity index (χ3n) is 3.65. The fraction of sp³-hybridized carbons (Fsp3) is 0.235. The Morgan fingerprint density at radius 2 is 1.89 bits per heavy atom. The molecule has 0 aliphatic heterocycles. The van der Waals surface area contributed by atoms with Crippen LogP contribution in [-0.4, -0.2) is 31.7 Å². The van der Waals surface area contributed by atoms with Crippen molar-refractivity contribution in [3.8, 4) is 11.5 Å². The zero-order valence-corrected chi connectivity index (χ0v) is 17.6. The number of ether oxygens (including phenoxy) is 1. The van der Waals surface area contributed by atoms with Gasteiger partial charge in [-0.3, -0.25) is 4.72 Å². The largest absolute Gasteiger partial charge is 0.506 e. The molecule has 0 saturated heterocycles. The van der Waals surface area contributed by atoms with E-state index in [4.69, 9.17) is 11.6 Å². The molecule has 7 nitrogen and oxygen atoms in total. The number of aromatic hydroxyl groups is 2. The first-order valence-electron chi connectivity index (χ1n) is 7.75. The number of benzene rings is 2. The van der Waals surface area contributed by atoms with Gasteiger partial charge in [0.1, 0.15) is 16.2 Å². The lowest BCUT2D eigenvalue weighted by atomic mass is 10.1. The van der Waals surface area contributed by atoms with Gasteiger partial charge in [0.25, 0.3) is 10.0 Å². The van der Waals surface area contributed by atoms with Gasteiger partial charge in [0.2, 0.25) is 0 Å². The van der Waals surface area contributed by atoms with Crippen LogP contribution in [0.15, 0.2) is 33.6 Å². The van der Waals surface area contributed by atoms with Gasteiger partial charge >= 0.3 is 5.97 Å². The van der Waals surface area contributed by atoms with Crippen LogP contribution in [0.5, 0.6) is 11.5 Å². The van der Waals surface area contributed by atoms with Gasteiger partial charge < -0.3 is 14.9 Å². The number of aryl methyl sites for hydroxylation is 1. The third kappa shape index (κ3) is 4.66. The molecule has 0 unspecified atom stereocenters. The van der Waals surface area contributed by atoms with Crippen LogP contribution >= 0.6 is 27.5 Å². The minimum Gasteiger partial charge on any atom is -0.506 e. The highest BCUT2D eigenvalue weighted by atomic mass is 79.9. The molecule has 2 aromatic rings. The number of carbonyl (C=O) groups is 1. The van der Waals surface area contributed by atoms with Crippen molar-refractivity contribution in [2.45, 2.75) is 24.7 Å². The molecular weight excluding hydrogens is 462 g/mol. The molecule has 0 fully saturated rings. The number of carbonyl (C=O) groups excluding carboxylic acids is 1. The highest BCUT2D eigenvalue weighted by molar-refractivity contribution is 9.10. The number of phenols is 2. The Bertz CT molecular complexity index is 993. The molecule has 2 rings (SSSR count). The first-order chi connectivity index (χ1) is 12.6. The summed E-state index contributed by atoms with van der Waals surface area (Å²) in [5.74, 6) is -1.91. The molecule has 146 valence electrons. The van der Waals surface area contributed by atoms with Crippen LogP contribution in [0, 0.1) is 0 Å². The van der Waals surface area contributed by atoms with Gasteiger partial charge in [-0.1, -0.05) is 40.9 Å². The second-order valence-corrected chi connectivity index (χ2v) is 8.61. The highest BCUT2D eigenvalue weighted by Gasteiger charge is 2.25. The lowest BCUT2D eigenvalue weighted by molar-refractivity contribution is 0.0597. The van der Waals surface area contributed by atoms with Crippen LogP contribution in [0.25, 0.3) is 0 Å². The Kier molecular flexibility index (Phi) is 6.61. The Labute approximate surface area is 170 Å². The maximum atomic E-state index is 12.8. The quantitative estimate of drug-likeness (QED) is 0.426. The molecule has 0 aromatic heterocycles. The molecule has 0 aliphatic carbocycles. The van der Waals surface area contributed by atoms with Crippen molar-refractivity contribution < 1.29 is 28.2 Å². The van der Waals surface area contributed by atoms with E-state index >= 15 is 0 Å². The van der Waals surface area contributed by atoms with E-state index < -0.39 is 21.7 Å². The van der Waals surface area contributed by atoms with Gasteiger partial charge in [-0.25, -0.2) is 13.2 Å². The second-order valence-electron chi connectivity index (χ2n) is 5.61. The van der Waals surface area contributed by atoms with Crippen LogP contribution in [0.4, 0.5) is 5.69 Å². The fourth-order valence-electron chi connectivity index (χ4n) is 2.44. The van der Waals surface area contributed by atoms with Crippen LogP contribution < -0.4 is 4.72 Å². The van der Waals surface area contributed by atoms with Crippen molar-refractivity contribution in [2.24, 2.45) is 0 Å². The predicted octanol–water partition coefficient (Wildman–Crippen LogP) is 4.05. The maximum absolute atomic E-state index is 12.8. The lowest BCUT2D eigenvalue weighted by Gasteiger charge is -2.15. The average Bonchev–Trinajstić information content (AvgIpc) is 2.59. The summed E-state index contributed by atoms with van der Waals surface area (Å²) in [4.78, 5) is 11.3. The number of hydrogen-bond acceptors (Lipinski definition) is 6. The maximum Gasteiger partial charge on any atom is 0.341 e. The molecule has 27 heavy (non-hydrogen) atoms. The summed E-state index contributed by atoms with van der Waals surface area (Å²) in [6.07, 6.45) is 1.18. The van der Waals surface area contributed by atoms with Gasteiger partial charge in [-0.2, -0.15) is 0 Å². The smallest absolute Gasteiger partial charge is 0.341 e. The second kappa shape index (κ2) is 8.37. The number of rotatable bonds is 6. The van der Waals surface area contributed by atoms with E-state index in [1.165, 1.54) is 6.07 Å². The minimum absolute atomic E-state index is 0.0102. The summed E-state index contributed by atoms with van der Waals surface area (Å²) in [6, 6.07) is 5.16. The van der Waals surface area contributed by atoms with Crippen molar-refractivity contribution in [1.82, 2.24) is 0 Å². The Morgan fingerprint density at radius 3 is 2.48 bits per heavy atom.